The molecule has 0 spiro atoms. The highest BCUT2D eigenvalue weighted by Crippen LogP contribution is 2.34. The molecule has 26 heavy (non-hydrogen) atoms. The van der Waals surface area contributed by atoms with Crippen molar-refractivity contribution in [2.45, 2.75) is 13.8 Å². The normalized spacial score (nSPS) is 14.3. The summed E-state index contributed by atoms with van der Waals surface area (Å²) < 4.78 is 6.38. The lowest BCUT2D eigenvalue weighted by atomic mass is 9.99. The van der Waals surface area contributed by atoms with Crippen LogP contribution in [0.3, 0.4) is 0 Å². The van der Waals surface area contributed by atoms with Crippen molar-refractivity contribution in [3.8, 4) is 5.75 Å². The van der Waals surface area contributed by atoms with E-state index in [4.69, 9.17) is 4.74 Å². The Morgan fingerprint density at radius 3 is 2.81 bits per heavy atom. The molecule has 0 saturated carbocycles. The van der Waals surface area contributed by atoms with Gasteiger partial charge in [0.15, 0.2) is 5.13 Å². The van der Waals surface area contributed by atoms with E-state index >= 15 is 0 Å². The van der Waals surface area contributed by atoms with Gasteiger partial charge in [-0.05, 0) is 43.2 Å². The molecule has 0 radical (unpaired) electrons. The minimum atomic E-state index is -0.00328. The maximum Gasteiger partial charge on any atom is 0.231 e. The highest BCUT2D eigenvalue weighted by Gasteiger charge is 2.34. The number of ether oxygens (including phenoxy) is 1. The second kappa shape index (κ2) is 6.61. The summed E-state index contributed by atoms with van der Waals surface area (Å²) >= 11 is 1.65. The summed E-state index contributed by atoms with van der Waals surface area (Å²) in [5.41, 5.74) is 4.07. The number of thiazole rings is 1. The minimum absolute atomic E-state index is 0.00328. The van der Waals surface area contributed by atoms with Crippen molar-refractivity contribution in [3.63, 3.8) is 0 Å². The number of amides is 1. The van der Waals surface area contributed by atoms with Gasteiger partial charge in [0.1, 0.15) is 5.75 Å². The van der Waals surface area contributed by atoms with Crippen LogP contribution in [0.15, 0.2) is 36.4 Å². The molecule has 0 atom stereocenters. The summed E-state index contributed by atoms with van der Waals surface area (Å²) in [6.45, 7) is 5.45. The van der Waals surface area contributed by atoms with Crippen LogP contribution in [-0.2, 0) is 4.79 Å². The van der Waals surface area contributed by atoms with Gasteiger partial charge in [-0.2, -0.15) is 0 Å². The number of nitrogens with one attached hydrogen (secondary N) is 1. The SMILES string of the molecule is COc1ccc2sc(N3CC(C(=O)Nc4cc(C)ccc4C)C3)nc2c1. The molecule has 5 nitrogen and oxygen atoms in total. The van der Waals surface area contributed by atoms with Gasteiger partial charge in [-0.1, -0.05) is 23.5 Å². The van der Waals surface area contributed by atoms with E-state index in [2.05, 4.69) is 21.3 Å². The average Bonchev–Trinajstić information content (AvgIpc) is 2.99. The first-order valence-electron chi connectivity index (χ1n) is 8.61. The molecular formula is C20H21N3O2S. The van der Waals surface area contributed by atoms with Crippen LogP contribution >= 0.6 is 11.3 Å². The van der Waals surface area contributed by atoms with Crippen LogP contribution < -0.4 is 15.0 Å². The molecule has 1 amide bonds. The van der Waals surface area contributed by atoms with Crippen molar-refractivity contribution in [3.05, 3.63) is 47.5 Å². The molecule has 0 bridgehead atoms. The number of aromatic nitrogens is 1. The lowest BCUT2D eigenvalue weighted by Gasteiger charge is -2.38. The summed E-state index contributed by atoms with van der Waals surface area (Å²) in [5.74, 6) is 0.887. The Labute approximate surface area is 156 Å². The highest BCUT2D eigenvalue weighted by atomic mass is 32.1. The maximum absolute atomic E-state index is 12.5. The second-order valence-corrected chi connectivity index (χ2v) is 7.75. The smallest absolute Gasteiger partial charge is 0.231 e. The number of hydrogen-bond acceptors (Lipinski definition) is 5. The van der Waals surface area contributed by atoms with Gasteiger partial charge in [-0.15, -0.1) is 0 Å². The molecule has 2 aromatic carbocycles. The third-order valence-corrected chi connectivity index (χ3v) is 5.85. The molecule has 0 aliphatic carbocycles. The minimum Gasteiger partial charge on any atom is -0.497 e. The Morgan fingerprint density at radius 2 is 2.04 bits per heavy atom. The topological polar surface area (TPSA) is 54.5 Å². The van der Waals surface area contributed by atoms with E-state index in [1.165, 1.54) is 0 Å². The van der Waals surface area contributed by atoms with Gasteiger partial charge in [0.2, 0.25) is 5.91 Å². The number of benzene rings is 2. The molecule has 1 aromatic heterocycles. The van der Waals surface area contributed by atoms with Crippen molar-refractivity contribution in [1.82, 2.24) is 4.98 Å². The van der Waals surface area contributed by atoms with Crippen LogP contribution in [0.2, 0.25) is 0 Å². The van der Waals surface area contributed by atoms with Crippen molar-refractivity contribution in [1.29, 1.82) is 0 Å². The number of anilines is 2. The van der Waals surface area contributed by atoms with E-state index in [0.29, 0.717) is 13.1 Å². The number of nitrogens with zero attached hydrogens (tertiary/aromatic N) is 2. The summed E-state index contributed by atoms with van der Waals surface area (Å²) in [7, 11) is 1.66. The van der Waals surface area contributed by atoms with Crippen LogP contribution in [0.4, 0.5) is 10.8 Å². The zero-order valence-corrected chi connectivity index (χ0v) is 15.9. The largest absolute Gasteiger partial charge is 0.497 e. The van der Waals surface area contributed by atoms with Gasteiger partial charge >= 0.3 is 0 Å². The zero-order chi connectivity index (χ0) is 18.3. The maximum atomic E-state index is 12.5. The molecule has 3 aromatic rings. The monoisotopic (exact) mass is 367 g/mol. The summed E-state index contributed by atoms with van der Waals surface area (Å²) in [4.78, 5) is 19.4. The molecule has 1 saturated heterocycles. The predicted molar refractivity (Wildman–Crippen MR) is 106 cm³/mol. The fourth-order valence-electron chi connectivity index (χ4n) is 3.06. The Hall–Kier alpha value is -2.60. The van der Waals surface area contributed by atoms with Gasteiger partial charge < -0.3 is 15.0 Å². The highest BCUT2D eigenvalue weighted by molar-refractivity contribution is 7.22. The average molecular weight is 367 g/mol. The van der Waals surface area contributed by atoms with E-state index in [1.807, 2.05) is 44.2 Å². The number of carbonyl (C=O) groups excluding carboxylic acids is 1. The zero-order valence-electron chi connectivity index (χ0n) is 15.1. The van der Waals surface area contributed by atoms with E-state index in [0.717, 1.165) is 37.9 Å². The number of carbonyl (C=O) groups is 1. The van der Waals surface area contributed by atoms with Crippen LogP contribution in [0.1, 0.15) is 11.1 Å². The van der Waals surface area contributed by atoms with Gasteiger partial charge in [0.25, 0.3) is 0 Å². The molecule has 0 unspecified atom stereocenters. The number of fused-ring (bicyclic) bond motifs is 1. The molecule has 2 heterocycles. The predicted octanol–water partition coefficient (Wildman–Crippen LogP) is 4.00. The van der Waals surface area contributed by atoms with E-state index < -0.39 is 0 Å². The molecule has 1 N–H and O–H groups in total. The number of methoxy groups -OCH3 is 1. The fourth-order valence-corrected chi connectivity index (χ4v) is 4.03. The fraction of sp³-hybridized carbons (Fsp3) is 0.300. The van der Waals surface area contributed by atoms with Gasteiger partial charge in [-0.3, -0.25) is 4.79 Å². The van der Waals surface area contributed by atoms with Gasteiger partial charge in [0, 0.05) is 24.8 Å². The number of aryl methyl sites for hydroxylation is 2. The molecule has 6 heteroatoms. The van der Waals surface area contributed by atoms with E-state index in [1.54, 1.807) is 18.4 Å². The summed E-state index contributed by atoms with van der Waals surface area (Å²) in [6, 6.07) is 12.0. The molecule has 134 valence electrons. The summed E-state index contributed by atoms with van der Waals surface area (Å²) in [5, 5.41) is 4.03. The third kappa shape index (κ3) is 3.12. The first-order valence-corrected chi connectivity index (χ1v) is 9.43. The van der Waals surface area contributed by atoms with Crippen LogP contribution in [0.25, 0.3) is 10.2 Å². The standard InChI is InChI=1S/C20H21N3O2S/c1-12-4-5-13(2)16(8-12)21-19(24)14-10-23(11-14)20-22-17-9-15(25-3)6-7-18(17)26-20/h4-9,14H,10-11H2,1-3H3,(H,21,24). The van der Waals surface area contributed by atoms with Gasteiger partial charge in [-0.25, -0.2) is 4.98 Å². The molecule has 4 rings (SSSR count). The Morgan fingerprint density at radius 1 is 1.23 bits per heavy atom. The van der Waals surface area contributed by atoms with E-state index in [-0.39, 0.29) is 11.8 Å². The first-order chi connectivity index (χ1) is 12.5. The number of rotatable bonds is 4. The van der Waals surface area contributed by atoms with E-state index in [9.17, 15) is 4.79 Å². The van der Waals surface area contributed by atoms with Crippen molar-refractivity contribution >= 4 is 38.3 Å². The third-order valence-electron chi connectivity index (χ3n) is 4.76. The Bertz CT molecular complexity index is 976. The quantitative estimate of drug-likeness (QED) is 0.757. The Kier molecular flexibility index (Phi) is 4.28. The van der Waals surface area contributed by atoms with Crippen molar-refractivity contribution in [2.75, 3.05) is 30.4 Å². The number of hydrogen-bond donors (Lipinski definition) is 1. The lowest BCUT2D eigenvalue weighted by molar-refractivity contribution is -0.120. The van der Waals surface area contributed by atoms with Gasteiger partial charge in [0.05, 0.1) is 23.2 Å². The van der Waals surface area contributed by atoms with Crippen LogP contribution in [-0.4, -0.2) is 31.1 Å². The lowest BCUT2D eigenvalue weighted by Crippen LogP contribution is -2.52. The van der Waals surface area contributed by atoms with Crippen molar-refractivity contribution in [2.24, 2.45) is 5.92 Å². The Balaban J connectivity index is 1.41. The summed E-state index contributed by atoms with van der Waals surface area (Å²) in [6.07, 6.45) is 0. The first kappa shape index (κ1) is 16.8. The molecular weight excluding hydrogens is 346 g/mol. The van der Waals surface area contributed by atoms with Crippen molar-refractivity contribution < 1.29 is 9.53 Å². The molecule has 1 fully saturated rings. The molecule has 1 aliphatic heterocycles. The second-order valence-electron chi connectivity index (χ2n) is 6.74. The van der Waals surface area contributed by atoms with Crippen LogP contribution in [0, 0.1) is 19.8 Å². The molecule has 1 aliphatic rings. The van der Waals surface area contributed by atoms with Crippen LogP contribution in [0.5, 0.6) is 5.75 Å².